The molecule has 0 radical (unpaired) electrons. The van der Waals surface area contributed by atoms with Crippen LogP contribution >= 0.6 is 27.5 Å². The Morgan fingerprint density at radius 3 is 2.52 bits per heavy atom. The molecule has 0 spiro atoms. The molecule has 0 fully saturated rings. The van der Waals surface area contributed by atoms with Gasteiger partial charge >= 0.3 is 0 Å². The van der Waals surface area contributed by atoms with E-state index in [9.17, 15) is 4.39 Å². The molecule has 0 aliphatic heterocycles. The molecule has 1 unspecified atom stereocenters. The largest absolute Gasteiger partial charge is 0.314 e. The first-order chi connectivity index (χ1) is 10.1. The average molecular weight is 371 g/mol. The van der Waals surface area contributed by atoms with Crippen molar-refractivity contribution in [2.24, 2.45) is 0 Å². The number of hydrogen-bond acceptors (Lipinski definition) is 1. The van der Waals surface area contributed by atoms with Crippen molar-refractivity contribution in [2.45, 2.75) is 25.8 Å². The van der Waals surface area contributed by atoms with Crippen molar-refractivity contribution in [2.75, 3.05) is 6.54 Å². The fourth-order valence-electron chi connectivity index (χ4n) is 2.38. The quantitative estimate of drug-likeness (QED) is 0.754. The Morgan fingerprint density at radius 1 is 1.14 bits per heavy atom. The van der Waals surface area contributed by atoms with Crippen LogP contribution in [0.3, 0.4) is 0 Å². The van der Waals surface area contributed by atoms with Gasteiger partial charge in [0.15, 0.2) is 0 Å². The van der Waals surface area contributed by atoms with E-state index in [0.29, 0.717) is 4.47 Å². The summed E-state index contributed by atoms with van der Waals surface area (Å²) in [4.78, 5) is 0. The van der Waals surface area contributed by atoms with Crippen molar-refractivity contribution in [3.63, 3.8) is 0 Å². The van der Waals surface area contributed by atoms with Crippen LogP contribution in [-0.2, 0) is 12.8 Å². The van der Waals surface area contributed by atoms with Gasteiger partial charge in [-0.05, 0) is 64.6 Å². The summed E-state index contributed by atoms with van der Waals surface area (Å²) in [6.45, 7) is 2.96. The molecule has 0 saturated carbocycles. The van der Waals surface area contributed by atoms with E-state index in [1.807, 2.05) is 30.3 Å². The minimum absolute atomic E-state index is 0.214. The predicted molar refractivity (Wildman–Crippen MR) is 90.4 cm³/mol. The van der Waals surface area contributed by atoms with E-state index < -0.39 is 0 Å². The highest BCUT2D eigenvalue weighted by Crippen LogP contribution is 2.22. The van der Waals surface area contributed by atoms with Gasteiger partial charge in [-0.25, -0.2) is 4.39 Å². The molecular weight excluding hydrogens is 353 g/mol. The molecule has 0 saturated heterocycles. The van der Waals surface area contributed by atoms with Crippen LogP contribution in [-0.4, -0.2) is 12.6 Å². The number of hydrogen-bond donors (Lipinski definition) is 1. The number of likely N-dealkylation sites (N-methyl/N-ethyl adjacent to an activating group) is 1. The van der Waals surface area contributed by atoms with Gasteiger partial charge < -0.3 is 5.32 Å². The van der Waals surface area contributed by atoms with Gasteiger partial charge in [0.2, 0.25) is 0 Å². The summed E-state index contributed by atoms with van der Waals surface area (Å²) in [5.41, 5.74) is 2.20. The third-order valence-electron chi connectivity index (χ3n) is 3.39. The van der Waals surface area contributed by atoms with Crippen LogP contribution in [0.4, 0.5) is 4.39 Å². The van der Waals surface area contributed by atoms with Crippen molar-refractivity contribution in [3.8, 4) is 0 Å². The Morgan fingerprint density at radius 2 is 1.86 bits per heavy atom. The van der Waals surface area contributed by atoms with Gasteiger partial charge in [0, 0.05) is 11.1 Å². The zero-order valence-corrected chi connectivity index (χ0v) is 14.2. The minimum atomic E-state index is -0.214. The van der Waals surface area contributed by atoms with Crippen molar-refractivity contribution in [1.29, 1.82) is 0 Å². The average Bonchev–Trinajstić information content (AvgIpc) is 2.46. The first-order valence-electron chi connectivity index (χ1n) is 7.01. The van der Waals surface area contributed by atoms with Crippen LogP contribution in [0.5, 0.6) is 0 Å². The van der Waals surface area contributed by atoms with Crippen LogP contribution < -0.4 is 5.32 Å². The second-order valence-corrected chi connectivity index (χ2v) is 6.23. The van der Waals surface area contributed by atoms with E-state index in [4.69, 9.17) is 11.6 Å². The van der Waals surface area contributed by atoms with Gasteiger partial charge in [-0.3, -0.25) is 0 Å². The maximum Gasteiger partial charge on any atom is 0.137 e. The Hall–Kier alpha value is -0.900. The number of benzene rings is 2. The SMILES string of the molecule is CCNC(Cc1ccc(Cl)cc1)Cc1cccc(F)c1Br. The lowest BCUT2D eigenvalue weighted by Crippen LogP contribution is -2.33. The third-order valence-corrected chi connectivity index (χ3v) is 4.53. The molecule has 0 aliphatic carbocycles. The highest BCUT2D eigenvalue weighted by molar-refractivity contribution is 9.10. The van der Waals surface area contributed by atoms with E-state index in [1.54, 1.807) is 6.07 Å². The monoisotopic (exact) mass is 369 g/mol. The summed E-state index contributed by atoms with van der Waals surface area (Å²) in [6, 6.07) is 13.3. The Kier molecular flexibility index (Phi) is 6.22. The third kappa shape index (κ3) is 4.80. The van der Waals surface area contributed by atoms with Crippen LogP contribution in [0.2, 0.25) is 5.02 Å². The van der Waals surface area contributed by atoms with Crippen LogP contribution in [0.25, 0.3) is 0 Å². The molecule has 0 aromatic heterocycles. The molecule has 4 heteroatoms. The summed E-state index contributed by atoms with van der Waals surface area (Å²) in [7, 11) is 0. The summed E-state index contributed by atoms with van der Waals surface area (Å²) >= 11 is 9.25. The summed E-state index contributed by atoms with van der Waals surface area (Å²) in [6.07, 6.45) is 1.66. The standard InChI is InChI=1S/C17H18BrClFN/c1-2-21-15(10-12-6-8-14(19)9-7-12)11-13-4-3-5-16(20)17(13)18/h3-9,15,21H,2,10-11H2,1H3. The molecule has 0 aliphatic rings. The van der Waals surface area contributed by atoms with Gasteiger partial charge in [-0.2, -0.15) is 0 Å². The maximum atomic E-state index is 13.6. The molecule has 2 aromatic carbocycles. The van der Waals surface area contributed by atoms with Crippen molar-refractivity contribution in [3.05, 3.63) is 68.9 Å². The topological polar surface area (TPSA) is 12.0 Å². The molecule has 1 atom stereocenters. The fourth-order valence-corrected chi connectivity index (χ4v) is 2.93. The molecular formula is C17H18BrClFN. The molecule has 1 nitrogen and oxygen atoms in total. The van der Waals surface area contributed by atoms with Crippen molar-refractivity contribution >= 4 is 27.5 Å². The van der Waals surface area contributed by atoms with E-state index in [1.165, 1.54) is 11.6 Å². The van der Waals surface area contributed by atoms with Gasteiger partial charge in [0.25, 0.3) is 0 Å². The Labute approximate surface area is 138 Å². The highest BCUT2D eigenvalue weighted by atomic mass is 79.9. The number of rotatable bonds is 6. The van der Waals surface area contributed by atoms with Crippen molar-refractivity contribution in [1.82, 2.24) is 5.32 Å². The second-order valence-electron chi connectivity index (χ2n) is 5.00. The van der Waals surface area contributed by atoms with E-state index in [2.05, 4.69) is 28.2 Å². The molecule has 21 heavy (non-hydrogen) atoms. The van der Waals surface area contributed by atoms with Gasteiger partial charge in [0.1, 0.15) is 5.82 Å². The zero-order chi connectivity index (χ0) is 15.2. The molecule has 0 amide bonds. The van der Waals surface area contributed by atoms with E-state index >= 15 is 0 Å². The lowest BCUT2D eigenvalue weighted by Gasteiger charge is -2.19. The number of halogens is 3. The molecule has 0 heterocycles. The maximum absolute atomic E-state index is 13.6. The first-order valence-corrected chi connectivity index (χ1v) is 8.18. The lowest BCUT2D eigenvalue weighted by molar-refractivity contribution is 0.518. The summed E-state index contributed by atoms with van der Waals surface area (Å²) in [5.74, 6) is -0.214. The molecule has 2 aromatic rings. The number of nitrogens with one attached hydrogen (secondary N) is 1. The second kappa shape index (κ2) is 7.92. The van der Waals surface area contributed by atoms with Gasteiger partial charge in [-0.15, -0.1) is 0 Å². The Balaban J connectivity index is 2.11. The van der Waals surface area contributed by atoms with Crippen molar-refractivity contribution < 1.29 is 4.39 Å². The predicted octanol–water partition coefficient (Wildman–Crippen LogP) is 5.00. The van der Waals surface area contributed by atoms with Crippen LogP contribution in [0.15, 0.2) is 46.9 Å². The molecule has 2 rings (SSSR count). The molecule has 1 N–H and O–H groups in total. The summed E-state index contributed by atoms with van der Waals surface area (Å²) in [5, 5.41) is 4.21. The van der Waals surface area contributed by atoms with Crippen LogP contribution in [0, 0.1) is 5.82 Å². The summed E-state index contributed by atoms with van der Waals surface area (Å²) < 4.78 is 14.2. The first kappa shape index (κ1) is 16.5. The van der Waals surface area contributed by atoms with Gasteiger partial charge in [-0.1, -0.05) is 42.8 Å². The van der Waals surface area contributed by atoms with Gasteiger partial charge in [0.05, 0.1) is 4.47 Å². The zero-order valence-electron chi connectivity index (χ0n) is 11.9. The normalized spacial score (nSPS) is 12.4. The van der Waals surface area contributed by atoms with E-state index in [0.717, 1.165) is 30.0 Å². The Bertz CT molecular complexity index is 586. The smallest absolute Gasteiger partial charge is 0.137 e. The fraction of sp³-hybridized carbons (Fsp3) is 0.294. The lowest BCUT2D eigenvalue weighted by atomic mass is 9.99. The van der Waals surface area contributed by atoms with E-state index in [-0.39, 0.29) is 11.9 Å². The minimum Gasteiger partial charge on any atom is -0.314 e. The molecule has 112 valence electrons. The highest BCUT2D eigenvalue weighted by Gasteiger charge is 2.13. The van der Waals surface area contributed by atoms with Crippen LogP contribution in [0.1, 0.15) is 18.1 Å². The molecule has 0 bridgehead atoms.